The molecule has 0 atom stereocenters. The Kier molecular flexibility index (Phi) is 2.07. The van der Waals surface area contributed by atoms with Gasteiger partial charge in [-0.15, -0.1) is 11.3 Å². The van der Waals surface area contributed by atoms with E-state index in [0.717, 1.165) is 10.7 Å². The lowest BCUT2D eigenvalue weighted by Crippen LogP contribution is -1.92. The summed E-state index contributed by atoms with van der Waals surface area (Å²) in [6, 6.07) is 5.41. The van der Waals surface area contributed by atoms with E-state index in [-0.39, 0.29) is 0 Å². The fourth-order valence-corrected chi connectivity index (χ4v) is 2.40. The van der Waals surface area contributed by atoms with Gasteiger partial charge in [0.2, 0.25) is 0 Å². The minimum atomic E-state index is -0.883. The van der Waals surface area contributed by atoms with Crippen LogP contribution in [0.15, 0.2) is 24.4 Å². The van der Waals surface area contributed by atoms with Crippen molar-refractivity contribution in [3.05, 3.63) is 35.0 Å². The Morgan fingerprint density at radius 1 is 1.44 bits per heavy atom. The maximum absolute atomic E-state index is 10.7. The summed E-state index contributed by atoms with van der Waals surface area (Å²) in [5.41, 5.74) is 1.12. The molecule has 0 amide bonds. The van der Waals surface area contributed by atoms with Crippen LogP contribution in [0.2, 0.25) is 0 Å². The van der Waals surface area contributed by atoms with Crippen molar-refractivity contribution in [3.8, 4) is 5.00 Å². The Morgan fingerprint density at radius 3 is 2.88 bits per heavy atom. The molecular weight excluding hydrogens is 224 g/mol. The van der Waals surface area contributed by atoms with Crippen molar-refractivity contribution in [2.75, 3.05) is 0 Å². The number of rotatable bonds is 3. The van der Waals surface area contributed by atoms with E-state index in [1.54, 1.807) is 16.8 Å². The molecule has 0 aliphatic heterocycles. The Hall–Kier alpha value is -1.62. The second-order valence-corrected chi connectivity index (χ2v) is 4.96. The van der Waals surface area contributed by atoms with Crippen LogP contribution in [0, 0.1) is 0 Å². The van der Waals surface area contributed by atoms with E-state index < -0.39 is 5.97 Å². The van der Waals surface area contributed by atoms with Crippen LogP contribution in [0.25, 0.3) is 5.00 Å². The largest absolute Gasteiger partial charge is 0.477 e. The molecule has 2 aromatic heterocycles. The van der Waals surface area contributed by atoms with Crippen molar-refractivity contribution in [1.29, 1.82) is 0 Å². The van der Waals surface area contributed by atoms with E-state index in [2.05, 4.69) is 5.10 Å². The SMILES string of the molecule is O=C(O)c1ccc(-n2ccc(C3CC3)n2)s1. The maximum atomic E-state index is 10.7. The highest BCUT2D eigenvalue weighted by atomic mass is 32.1. The quantitative estimate of drug-likeness (QED) is 0.887. The molecule has 2 heterocycles. The lowest BCUT2D eigenvalue weighted by atomic mass is 10.3. The molecule has 1 aliphatic rings. The third-order valence-electron chi connectivity index (χ3n) is 2.63. The smallest absolute Gasteiger partial charge is 0.345 e. The highest BCUT2D eigenvalue weighted by Crippen LogP contribution is 2.39. The molecule has 1 aliphatic carbocycles. The normalized spacial score (nSPS) is 15.2. The summed E-state index contributed by atoms with van der Waals surface area (Å²) < 4.78 is 1.75. The Bertz CT molecular complexity index is 540. The van der Waals surface area contributed by atoms with Crippen molar-refractivity contribution in [2.45, 2.75) is 18.8 Å². The average molecular weight is 234 g/mol. The Morgan fingerprint density at radius 2 is 2.25 bits per heavy atom. The van der Waals surface area contributed by atoms with Crippen LogP contribution in [0.5, 0.6) is 0 Å². The third-order valence-corrected chi connectivity index (χ3v) is 3.70. The number of aromatic carboxylic acids is 1. The van der Waals surface area contributed by atoms with E-state index in [4.69, 9.17) is 5.11 Å². The molecule has 16 heavy (non-hydrogen) atoms. The van der Waals surface area contributed by atoms with Gasteiger partial charge in [0.15, 0.2) is 0 Å². The van der Waals surface area contributed by atoms with Crippen molar-refractivity contribution < 1.29 is 9.90 Å². The van der Waals surface area contributed by atoms with E-state index in [1.807, 2.05) is 12.3 Å². The predicted octanol–water partition coefficient (Wildman–Crippen LogP) is 2.51. The van der Waals surface area contributed by atoms with E-state index >= 15 is 0 Å². The van der Waals surface area contributed by atoms with Crippen LogP contribution in [0.1, 0.15) is 34.1 Å². The second-order valence-electron chi connectivity index (χ2n) is 3.90. The third kappa shape index (κ3) is 1.63. The molecule has 0 radical (unpaired) electrons. The van der Waals surface area contributed by atoms with Crippen LogP contribution in [0.4, 0.5) is 0 Å². The zero-order valence-corrected chi connectivity index (χ0v) is 9.28. The van der Waals surface area contributed by atoms with Gasteiger partial charge in [-0.05, 0) is 31.0 Å². The molecule has 0 spiro atoms. The molecule has 3 rings (SSSR count). The maximum Gasteiger partial charge on any atom is 0.345 e. The summed E-state index contributed by atoms with van der Waals surface area (Å²) in [6.07, 6.45) is 4.34. The van der Waals surface area contributed by atoms with Gasteiger partial charge in [0.05, 0.1) is 5.69 Å². The van der Waals surface area contributed by atoms with E-state index in [9.17, 15) is 4.79 Å². The first-order valence-corrected chi connectivity index (χ1v) is 5.95. The zero-order valence-electron chi connectivity index (χ0n) is 8.46. The topological polar surface area (TPSA) is 55.1 Å². The summed E-state index contributed by atoms with van der Waals surface area (Å²) in [5.74, 6) is -0.258. The monoisotopic (exact) mass is 234 g/mol. The highest BCUT2D eigenvalue weighted by Gasteiger charge is 2.26. The van der Waals surface area contributed by atoms with E-state index in [0.29, 0.717) is 10.8 Å². The van der Waals surface area contributed by atoms with Crippen molar-refractivity contribution in [2.24, 2.45) is 0 Å². The van der Waals surface area contributed by atoms with Gasteiger partial charge < -0.3 is 5.11 Å². The summed E-state index contributed by atoms with van der Waals surface area (Å²) in [6.45, 7) is 0. The molecule has 2 aromatic rings. The molecular formula is C11H10N2O2S. The van der Waals surface area contributed by atoms with Gasteiger partial charge in [0.25, 0.3) is 0 Å². The molecule has 4 nitrogen and oxygen atoms in total. The summed E-state index contributed by atoms with van der Waals surface area (Å²) in [7, 11) is 0. The number of aromatic nitrogens is 2. The minimum absolute atomic E-state index is 0.346. The van der Waals surface area contributed by atoms with Gasteiger partial charge in [-0.3, -0.25) is 0 Å². The van der Waals surface area contributed by atoms with Crippen LogP contribution >= 0.6 is 11.3 Å². The molecule has 82 valence electrons. The van der Waals surface area contributed by atoms with Gasteiger partial charge >= 0.3 is 5.97 Å². The second kappa shape index (κ2) is 3.45. The minimum Gasteiger partial charge on any atom is -0.477 e. The van der Waals surface area contributed by atoms with E-state index in [1.165, 1.54) is 24.2 Å². The molecule has 1 saturated carbocycles. The predicted molar refractivity (Wildman–Crippen MR) is 60.4 cm³/mol. The molecule has 0 aromatic carbocycles. The molecule has 1 fully saturated rings. The number of thiophene rings is 1. The van der Waals surface area contributed by atoms with Gasteiger partial charge in [-0.1, -0.05) is 0 Å². The van der Waals surface area contributed by atoms with Gasteiger partial charge in [-0.25, -0.2) is 9.48 Å². The average Bonchev–Trinajstić information content (AvgIpc) is 2.83. The zero-order chi connectivity index (χ0) is 11.1. The lowest BCUT2D eigenvalue weighted by molar-refractivity contribution is 0.0702. The number of hydrogen-bond acceptors (Lipinski definition) is 3. The number of carboxylic acids is 1. The number of carboxylic acid groups (broad SMARTS) is 1. The van der Waals surface area contributed by atoms with Crippen molar-refractivity contribution >= 4 is 17.3 Å². The van der Waals surface area contributed by atoms with Crippen molar-refractivity contribution in [1.82, 2.24) is 9.78 Å². The fourth-order valence-electron chi connectivity index (χ4n) is 1.62. The van der Waals surface area contributed by atoms with Crippen molar-refractivity contribution in [3.63, 3.8) is 0 Å². The van der Waals surface area contributed by atoms with Gasteiger partial charge in [-0.2, -0.15) is 5.10 Å². The Balaban J connectivity index is 1.91. The Labute approximate surface area is 96.1 Å². The number of nitrogens with zero attached hydrogens (tertiary/aromatic N) is 2. The lowest BCUT2D eigenvalue weighted by Gasteiger charge is -1.94. The summed E-state index contributed by atoms with van der Waals surface area (Å²) in [5, 5.41) is 14.1. The molecule has 1 N–H and O–H groups in total. The first-order valence-electron chi connectivity index (χ1n) is 5.13. The first kappa shape index (κ1) is 9.59. The molecule has 0 unspecified atom stereocenters. The molecule has 0 saturated heterocycles. The summed E-state index contributed by atoms with van der Waals surface area (Å²) in [4.78, 5) is 11.1. The van der Waals surface area contributed by atoms with Crippen LogP contribution < -0.4 is 0 Å². The first-order chi connectivity index (χ1) is 7.74. The van der Waals surface area contributed by atoms with Crippen LogP contribution in [-0.2, 0) is 0 Å². The van der Waals surface area contributed by atoms with Gasteiger partial charge in [0.1, 0.15) is 9.88 Å². The molecule has 0 bridgehead atoms. The van der Waals surface area contributed by atoms with Crippen LogP contribution in [-0.4, -0.2) is 20.9 Å². The number of hydrogen-bond donors (Lipinski definition) is 1. The van der Waals surface area contributed by atoms with Crippen LogP contribution in [0.3, 0.4) is 0 Å². The standard InChI is InChI=1S/C11H10N2O2S/c14-11(15)9-3-4-10(16-9)13-6-5-8(12-13)7-1-2-7/h3-7H,1-2H2,(H,14,15). The summed E-state index contributed by atoms with van der Waals surface area (Å²) >= 11 is 1.24. The highest BCUT2D eigenvalue weighted by molar-refractivity contribution is 7.16. The fraction of sp³-hybridized carbons (Fsp3) is 0.273. The van der Waals surface area contributed by atoms with Gasteiger partial charge in [0, 0.05) is 12.1 Å². The number of carbonyl (C=O) groups is 1. The molecule has 5 heteroatoms.